The summed E-state index contributed by atoms with van der Waals surface area (Å²) in [5.74, 6) is 1.71. The average molecular weight is 452 g/mol. The van der Waals surface area contributed by atoms with Gasteiger partial charge in [-0.05, 0) is 62.4 Å². The number of methoxy groups -OCH3 is 1. The highest BCUT2D eigenvalue weighted by molar-refractivity contribution is 7.99. The number of para-hydroxylation sites is 2. The number of benzene rings is 2. The molecule has 0 atom stereocenters. The molecule has 4 rings (SSSR count). The predicted octanol–water partition coefficient (Wildman–Crippen LogP) is 4.61. The fourth-order valence-corrected chi connectivity index (χ4v) is 4.62. The molecular weight excluding hydrogens is 422 g/mol. The Morgan fingerprint density at radius 2 is 1.84 bits per heavy atom. The minimum Gasteiger partial charge on any atom is -0.495 e. The Balaban J connectivity index is 1.59. The van der Waals surface area contributed by atoms with Gasteiger partial charge >= 0.3 is 0 Å². The topological polar surface area (TPSA) is 72.3 Å². The Morgan fingerprint density at radius 3 is 2.62 bits per heavy atom. The molecule has 0 radical (unpaired) electrons. The molecule has 1 aliphatic rings. The lowest BCUT2D eigenvalue weighted by molar-refractivity contribution is -0.113. The summed E-state index contributed by atoms with van der Waals surface area (Å²) in [5, 5.41) is 12.7. The highest BCUT2D eigenvalue weighted by Gasteiger charge is 2.23. The number of ether oxygens (including phenoxy) is 1. The Labute approximate surface area is 193 Å². The highest BCUT2D eigenvalue weighted by Crippen LogP contribution is 2.33. The minimum atomic E-state index is -0.0715. The van der Waals surface area contributed by atoms with Crippen molar-refractivity contribution in [3.63, 3.8) is 0 Å². The molecule has 8 heteroatoms. The molecule has 32 heavy (non-hydrogen) atoms. The summed E-state index contributed by atoms with van der Waals surface area (Å²) in [6.45, 7) is 5.95. The molecule has 1 saturated heterocycles. The molecule has 168 valence electrons. The van der Waals surface area contributed by atoms with Crippen LogP contribution in [0.5, 0.6) is 5.75 Å². The summed E-state index contributed by atoms with van der Waals surface area (Å²) in [7, 11) is 1.66. The van der Waals surface area contributed by atoms with E-state index >= 15 is 0 Å². The van der Waals surface area contributed by atoms with Crippen LogP contribution in [0.4, 0.5) is 11.6 Å². The molecule has 0 spiro atoms. The Bertz CT molecular complexity index is 1090. The van der Waals surface area contributed by atoms with Crippen LogP contribution in [0.15, 0.2) is 47.6 Å². The van der Waals surface area contributed by atoms with Crippen LogP contribution in [0.25, 0.3) is 5.69 Å². The summed E-state index contributed by atoms with van der Waals surface area (Å²) in [5.41, 5.74) is 3.95. The summed E-state index contributed by atoms with van der Waals surface area (Å²) in [6.07, 6.45) is 3.51. The zero-order valence-electron chi connectivity index (χ0n) is 18.8. The van der Waals surface area contributed by atoms with Gasteiger partial charge in [0.05, 0.1) is 18.6 Å². The molecule has 1 aromatic heterocycles. The number of aryl methyl sites for hydroxylation is 1. The number of piperidine rings is 1. The standard InChI is InChI=1S/C24H29N5O2S/c1-17-10-9-11-19(18(17)2)25-22(30)16-32-24-27-26-23(28-14-7-4-8-15-28)29(24)20-12-5-6-13-21(20)31-3/h5-6,9-13H,4,7-8,14-16H2,1-3H3,(H,25,30). The number of amides is 1. The van der Waals surface area contributed by atoms with Crippen molar-refractivity contribution in [1.29, 1.82) is 0 Å². The van der Waals surface area contributed by atoms with E-state index in [1.54, 1.807) is 7.11 Å². The molecule has 3 aromatic rings. The van der Waals surface area contributed by atoms with Gasteiger partial charge < -0.3 is 15.0 Å². The van der Waals surface area contributed by atoms with E-state index in [0.717, 1.165) is 60.1 Å². The third kappa shape index (κ3) is 4.75. The van der Waals surface area contributed by atoms with Gasteiger partial charge in [-0.15, -0.1) is 10.2 Å². The van der Waals surface area contributed by atoms with Gasteiger partial charge in [0.25, 0.3) is 0 Å². The molecule has 2 heterocycles. The second-order valence-electron chi connectivity index (χ2n) is 7.92. The van der Waals surface area contributed by atoms with Crippen molar-refractivity contribution in [2.24, 2.45) is 0 Å². The third-order valence-corrected chi connectivity index (χ3v) is 6.72. The van der Waals surface area contributed by atoms with Gasteiger partial charge in [-0.2, -0.15) is 0 Å². The van der Waals surface area contributed by atoms with Crippen LogP contribution >= 0.6 is 11.8 Å². The van der Waals surface area contributed by atoms with Crippen molar-refractivity contribution in [2.75, 3.05) is 36.2 Å². The van der Waals surface area contributed by atoms with E-state index in [0.29, 0.717) is 5.16 Å². The summed E-state index contributed by atoms with van der Waals surface area (Å²) in [4.78, 5) is 15.0. The molecule has 1 N–H and O–H groups in total. The SMILES string of the molecule is COc1ccccc1-n1c(SCC(=O)Nc2cccc(C)c2C)nnc1N1CCCCC1. The van der Waals surface area contributed by atoms with Crippen LogP contribution in [-0.2, 0) is 4.79 Å². The van der Waals surface area contributed by atoms with Crippen LogP contribution in [0.2, 0.25) is 0 Å². The molecule has 0 aliphatic carbocycles. The van der Waals surface area contributed by atoms with Gasteiger partial charge in [-0.3, -0.25) is 9.36 Å². The molecule has 0 saturated carbocycles. The lowest BCUT2D eigenvalue weighted by Crippen LogP contribution is -2.31. The number of carbonyl (C=O) groups is 1. The van der Waals surface area contributed by atoms with Gasteiger partial charge in [0.2, 0.25) is 11.9 Å². The van der Waals surface area contributed by atoms with Gasteiger partial charge in [0.15, 0.2) is 5.16 Å². The van der Waals surface area contributed by atoms with Crippen molar-refractivity contribution in [2.45, 2.75) is 38.3 Å². The maximum Gasteiger partial charge on any atom is 0.234 e. The van der Waals surface area contributed by atoms with E-state index in [-0.39, 0.29) is 11.7 Å². The zero-order valence-corrected chi connectivity index (χ0v) is 19.6. The van der Waals surface area contributed by atoms with Gasteiger partial charge in [-0.1, -0.05) is 36.0 Å². The Kier molecular flexibility index (Phi) is 6.99. The number of carbonyl (C=O) groups excluding carboxylic acids is 1. The van der Waals surface area contributed by atoms with Gasteiger partial charge in [0, 0.05) is 18.8 Å². The summed E-state index contributed by atoms with van der Waals surface area (Å²) < 4.78 is 7.63. The zero-order chi connectivity index (χ0) is 22.5. The number of thioether (sulfide) groups is 1. The van der Waals surface area contributed by atoms with E-state index in [4.69, 9.17) is 4.74 Å². The first-order chi connectivity index (χ1) is 15.6. The molecule has 7 nitrogen and oxygen atoms in total. The number of hydrogen-bond acceptors (Lipinski definition) is 6. The maximum atomic E-state index is 12.7. The molecule has 1 aliphatic heterocycles. The predicted molar refractivity (Wildman–Crippen MR) is 129 cm³/mol. The number of anilines is 2. The molecule has 0 unspecified atom stereocenters. The highest BCUT2D eigenvalue weighted by atomic mass is 32.2. The van der Waals surface area contributed by atoms with Crippen molar-refractivity contribution >= 4 is 29.3 Å². The second-order valence-corrected chi connectivity index (χ2v) is 8.86. The Morgan fingerprint density at radius 1 is 1.06 bits per heavy atom. The van der Waals surface area contributed by atoms with Crippen LogP contribution in [-0.4, -0.2) is 46.6 Å². The number of nitrogens with one attached hydrogen (secondary N) is 1. The molecule has 2 aromatic carbocycles. The van der Waals surface area contributed by atoms with Crippen molar-refractivity contribution in [3.8, 4) is 11.4 Å². The molecule has 0 bridgehead atoms. The Hall–Kier alpha value is -3.00. The van der Waals surface area contributed by atoms with Crippen LogP contribution in [0.1, 0.15) is 30.4 Å². The van der Waals surface area contributed by atoms with Crippen LogP contribution < -0.4 is 15.0 Å². The number of aromatic nitrogens is 3. The van der Waals surface area contributed by atoms with E-state index in [1.165, 1.54) is 18.2 Å². The number of hydrogen-bond donors (Lipinski definition) is 1. The van der Waals surface area contributed by atoms with Gasteiger partial charge in [-0.25, -0.2) is 0 Å². The fraction of sp³-hybridized carbons (Fsp3) is 0.375. The van der Waals surface area contributed by atoms with Crippen LogP contribution in [0, 0.1) is 13.8 Å². The van der Waals surface area contributed by atoms with Crippen molar-refractivity contribution in [3.05, 3.63) is 53.6 Å². The smallest absolute Gasteiger partial charge is 0.234 e. The van der Waals surface area contributed by atoms with E-state index in [1.807, 2.05) is 60.9 Å². The molecule has 1 amide bonds. The fourth-order valence-electron chi connectivity index (χ4n) is 3.88. The van der Waals surface area contributed by atoms with Crippen molar-refractivity contribution < 1.29 is 9.53 Å². The minimum absolute atomic E-state index is 0.0715. The first-order valence-electron chi connectivity index (χ1n) is 10.9. The normalized spacial score (nSPS) is 13.8. The summed E-state index contributed by atoms with van der Waals surface area (Å²) >= 11 is 1.38. The average Bonchev–Trinajstić information content (AvgIpc) is 3.25. The maximum absolute atomic E-state index is 12.7. The second kappa shape index (κ2) is 10.1. The van der Waals surface area contributed by atoms with E-state index in [2.05, 4.69) is 20.4 Å². The molecular formula is C24H29N5O2S. The number of rotatable bonds is 7. The van der Waals surface area contributed by atoms with Crippen LogP contribution in [0.3, 0.4) is 0 Å². The molecule has 1 fully saturated rings. The monoisotopic (exact) mass is 451 g/mol. The van der Waals surface area contributed by atoms with E-state index < -0.39 is 0 Å². The van der Waals surface area contributed by atoms with Gasteiger partial charge in [0.1, 0.15) is 5.75 Å². The van der Waals surface area contributed by atoms with Crippen molar-refractivity contribution in [1.82, 2.24) is 14.8 Å². The third-order valence-electron chi connectivity index (χ3n) is 5.79. The summed E-state index contributed by atoms with van der Waals surface area (Å²) in [6, 6.07) is 13.8. The number of nitrogens with zero attached hydrogens (tertiary/aromatic N) is 4. The lowest BCUT2D eigenvalue weighted by atomic mass is 10.1. The first kappa shape index (κ1) is 22.2. The lowest BCUT2D eigenvalue weighted by Gasteiger charge is -2.28. The quantitative estimate of drug-likeness (QED) is 0.529. The first-order valence-corrected chi connectivity index (χ1v) is 11.9. The largest absolute Gasteiger partial charge is 0.495 e. The van der Waals surface area contributed by atoms with E-state index in [9.17, 15) is 4.79 Å².